The fourth-order valence-electron chi connectivity index (χ4n) is 1.58. The van der Waals surface area contributed by atoms with Crippen LogP contribution in [-0.2, 0) is 9.53 Å². The molecular formula is C11H16N2O3S. The molecule has 1 unspecified atom stereocenters. The summed E-state index contributed by atoms with van der Waals surface area (Å²) >= 11 is 1.33. The van der Waals surface area contributed by atoms with Crippen LogP contribution in [0, 0.1) is 0 Å². The third-order valence-corrected chi connectivity index (χ3v) is 3.03. The average molecular weight is 256 g/mol. The summed E-state index contributed by atoms with van der Waals surface area (Å²) in [7, 11) is 1.31. The molecule has 0 aliphatic rings. The summed E-state index contributed by atoms with van der Waals surface area (Å²) in [4.78, 5) is 27.4. The predicted octanol–water partition coefficient (Wildman–Crippen LogP) is 1.60. The molecule has 1 aromatic heterocycles. The summed E-state index contributed by atoms with van der Waals surface area (Å²) in [5.41, 5.74) is 0.898. The fraction of sp³-hybridized carbons (Fsp3) is 0.545. The van der Waals surface area contributed by atoms with Gasteiger partial charge in [0.2, 0.25) is 0 Å². The quantitative estimate of drug-likeness (QED) is 0.813. The molecule has 0 fully saturated rings. The Bertz CT molecular complexity index is 391. The number of ether oxygens (including phenoxy) is 1. The van der Waals surface area contributed by atoms with E-state index in [-0.39, 0.29) is 5.91 Å². The van der Waals surface area contributed by atoms with Crippen molar-refractivity contribution < 1.29 is 14.3 Å². The van der Waals surface area contributed by atoms with Crippen LogP contribution >= 0.6 is 11.3 Å². The lowest BCUT2D eigenvalue weighted by molar-refractivity contribution is -0.147. The molecule has 1 aromatic rings. The Morgan fingerprint density at radius 1 is 1.59 bits per heavy atom. The first-order valence-electron chi connectivity index (χ1n) is 5.32. The third kappa shape index (κ3) is 3.26. The maximum atomic E-state index is 11.8. The Labute approximate surface area is 104 Å². The zero-order valence-corrected chi connectivity index (χ0v) is 11.0. The van der Waals surface area contributed by atoms with Crippen LogP contribution in [0.25, 0.3) is 0 Å². The fourth-order valence-corrected chi connectivity index (χ4v) is 2.11. The topological polar surface area (TPSA) is 68.3 Å². The highest BCUT2D eigenvalue weighted by Gasteiger charge is 2.35. The monoisotopic (exact) mass is 256 g/mol. The van der Waals surface area contributed by atoms with Crippen molar-refractivity contribution in [2.75, 3.05) is 7.11 Å². The number of aromatic nitrogens is 1. The molecule has 5 nitrogen and oxygen atoms in total. The zero-order valence-electron chi connectivity index (χ0n) is 10.1. The second-order valence-electron chi connectivity index (χ2n) is 3.90. The molecule has 0 aliphatic heterocycles. The number of carbonyl (C=O) groups is 2. The van der Waals surface area contributed by atoms with Crippen molar-refractivity contribution in [3.05, 3.63) is 16.6 Å². The molecule has 0 radical (unpaired) electrons. The number of rotatable bonds is 5. The SMILES string of the molecule is CCCC(C)(NC(=O)c1cscn1)C(=O)OC. The number of amides is 1. The van der Waals surface area contributed by atoms with E-state index >= 15 is 0 Å². The maximum Gasteiger partial charge on any atom is 0.331 e. The maximum absolute atomic E-state index is 11.8. The van der Waals surface area contributed by atoms with E-state index in [1.807, 2.05) is 6.92 Å². The minimum atomic E-state index is -0.996. The second-order valence-corrected chi connectivity index (χ2v) is 4.62. The van der Waals surface area contributed by atoms with Crippen LogP contribution in [0.2, 0.25) is 0 Å². The van der Waals surface area contributed by atoms with Crippen LogP contribution in [0.15, 0.2) is 10.9 Å². The van der Waals surface area contributed by atoms with Gasteiger partial charge in [0.15, 0.2) is 0 Å². The Morgan fingerprint density at radius 3 is 2.76 bits per heavy atom. The van der Waals surface area contributed by atoms with E-state index in [0.29, 0.717) is 12.1 Å². The highest BCUT2D eigenvalue weighted by Crippen LogP contribution is 2.15. The van der Waals surface area contributed by atoms with E-state index in [1.165, 1.54) is 18.4 Å². The van der Waals surface area contributed by atoms with Crippen LogP contribution in [0.3, 0.4) is 0 Å². The number of esters is 1. The molecule has 6 heteroatoms. The molecule has 0 spiro atoms. The standard InChI is InChI=1S/C11H16N2O3S/c1-4-5-11(2,10(15)16-3)13-9(14)8-6-17-7-12-8/h6-7H,4-5H2,1-3H3,(H,13,14). The molecule has 0 aromatic carbocycles. The van der Waals surface area contributed by atoms with Gasteiger partial charge in [0.1, 0.15) is 11.2 Å². The highest BCUT2D eigenvalue weighted by atomic mass is 32.1. The van der Waals surface area contributed by atoms with Crippen molar-refractivity contribution in [3.63, 3.8) is 0 Å². The number of methoxy groups -OCH3 is 1. The van der Waals surface area contributed by atoms with Gasteiger partial charge in [0.25, 0.3) is 5.91 Å². The van der Waals surface area contributed by atoms with Gasteiger partial charge in [-0.25, -0.2) is 9.78 Å². The first kappa shape index (κ1) is 13.6. The molecule has 1 heterocycles. The summed E-state index contributed by atoms with van der Waals surface area (Å²) in [6.45, 7) is 3.60. The lowest BCUT2D eigenvalue weighted by atomic mass is 9.96. The molecule has 1 N–H and O–H groups in total. The minimum absolute atomic E-state index is 0.321. The number of nitrogens with zero attached hydrogens (tertiary/aromatic N) is 1. The highest BCUT2D eigenvalue weighted by molar-refractivity contribution is 7.07. The summed E-state index contributed by atoms with van der Waals surface area (Å²) in [6, 6.07) is 0. The molecule has 0 saturated carbocycles. The molecule has 94 valence electrons. The summed E-state index contributed by atoms with van der Waals surface area (Å²) in [5, 5.41) is 4.32. The van der Waals surface area contributed by atoms with Crippen LogP contribution in [0.1, 0.15) is 37.2 Å². The Balaban J connectivity index is 2.80. The molecule has 17 heavy (non-hydrogen) atoms. The van der Waals surface area contributed by atoms with Crippen molar-refractivity contribution in [2.24, 2.45) is 0 Å². The predicted molar refractivity (Wildman–Crippen MR) is 64.9 cm³/mol. The Hall–Kier alpha value is -1.43. The number of thiazole rings is 1. The number of hydrogen-bond acceptors (Lipinski definition) is 5. The van der Waals surface area contributed by atoms with Crippen LogP contribution in [0.4, 0.5) is 0 Å². The van der Waals surface area contributed by atoms with E-state index in [9.17, 15) is 9.59 Å². The summed E-state index contributed by atoms with van der Waals surface area (Å²) in [6.07, 6.45) is 1.29. The lowest BCUT2D eigenvalue weighted by Gasteiger charge is -2.27. The van der Waals surface area contributed by atoms with Gasteiger partial charge >= 0.3 is 5.97 Å². The minimum Gasteiger partial charge on any atom is -0.467 e. The van der Waals surface area contributed by atoms with Gasteiger partial charge in [-0.1, -0.05) is 13.3 Å². The smallest absolute Gasteiger partial charge is 0.331 e. The summed E-state index contributed by atoms with van der Waals surface area (Å²) in [5.74, 6) is -0.796. The third-order valence-electron chi connectivity index (χ3n) is 2.44. The molecular weight excluding hydrogens is 240 g/mol. The Morgan fingerprint density at radius 2 is 2.29 bits per heavy atom. The number of nitrogens with one attached hydrogen (secondary N) is 1. The largest absolute Gasteiger partial charge is 0.467 e. The molecule has 0 bridgehead atoms. The van der Waals surface area contributed by atoms with Gasteiger partial charge in [0.05, 0.1) is 12.6 Å². The lowest BCUT2D eigenvalue weighted by Crippen LogP contribution is -2.52. The Kier molecular flexibility index (Phi) is 4.62. The van der Waals surface area contributed by atoms with Crippen molar-refractivity contribution in [3.8, 4) is 0 Å². The van der Waals surface area contributed by atoms with E-state index in [2.05, 4.69) is 10.3 Å². The van der Waals surface area contributed by atoms with Gasteiger partial charge in [0, 0.05) is 5.38 Å². The normalized spacial score (nSPS) is 13.8. The molecule has 0 saturated heterocycles. The average Bonchev–Trinajstić information content (AvgIpc) is 2.81. The second kappa shape index (κ2) is 5.77. The number of hydrogen-bond donors (Lipinski definition) is 1. The van der Waals surface area contributed by atoms with E-state index in [0.717, 1.165) is 6.42 Å². The molecule has 0 aliphatic carbocycles. The van der Waals surface area contributed by atoms with Crippen molar-refractivity contribution in [1.29, 1.82) is 0 Å². The van der Waals surface area contributed by atoms with Gasteiger partial charge in [-0.05, 0) is 13.3 Å². The first-order valence-corrected chi connectivity index (χ1v) is 6.27. The van der Waals surface area contributed by atoms with Gasteiger partial charge < -0.3 is 10.1 Å². The van der Waals surface area contributed by atoms with E-state index < -0.39 is 11.5 Å². The van der Waals surface area contributed by atoms with Crippen molar-refractivity contribution in [2.45, 2.75) is 32.2 Å². The first-order chi connectivity index (χ1) is 8.03. The van der Waals surface area contributed by atoms with E-state index in [4.69, 9.17) is 4.74 Å². The summed E-state index contributed by atoms with van der Waals surface area (Å²) < 4.78 is 4.71. The molecule has 1 rings (SSSR count). The molecule has 1 amide bonds. The van der Waals surface area contributed by atoms with Crippen molar-refractivity contribution >= 4 is 23.2 Å². The van der Waals surface area contributed by atoms with Gasteiger partial charge in [-0.15, -0.1) is 11.3 Å². The van der Waals surface area contributed by atoms with Gasteiger partial charge in [-0.3, -0.25) is 4.79 Å². The number of carbonyl (C=O) groups excluding carboxylic acids is 2. The van der Waals surface area contributed by atoms with Gasteiger partial charge in [-0.2, -0.15) is 0 Å². The zero-order chi connectivity index (χ0) is 12.9. The molecule has 1 atom stereocenters. The van der Waals surface area contributed by atoms with Crippen LogP contribution < -0.4 is 5.32 Å². The van der Waals surface area contributed by atoms with Crippen LogP contribution in [0.5, 0.6) is 0 Å². The van der Waals surface area contributed by atoms with Crippen molar-refractivity contribution in [1.82, 2.24) is 10.3 Å². The van der Waals surface area contributed by atoms with E-state index in [1.54, 1.807) is 17.8 Å². The van der Waals surface area contributed by atoms with Crippen LogP contribution in [-0.4, -0.2) is 29.5 Å².